The zero-order valence-corrected chi connectivity index (χ0v) is 30.6. The molecule has 0 fully saturated rings. The van der Waals surface area contributed by atoms with Crippen molar-refractivity contribution < 1.29 is 4.39 Å². The first-order valence-corrected chi connectivity index (χ1v) is 19.0. The van der Waals surface area contributed by atoms with Gasteiger partial charge in [-0.05, 0) is 137 Å². The SMILES string of the molecule is Fc1ccc(-c2cccc3cccc(-c4ccc(N(c5ccc(-c6ccccc6)cc5)c5ccc6cc(-c7ccc8ccccc8c7)ccc6c5)cc4)c23)cc1. The number of rotatable bonds is 7. The summed E-state index contributed by atoms with van der Waals surface area (Å²) in [7, 11) is 0. The van der Waals surface area contributed by atoms with Crippen molar-refractivity contribution in [2.75, 3.05) is 4.90 Å². The van der Waals surface area contributed by atoms with Crippen LogP contribution in [-0.4, -0.2) is 0 Å². The lowest BCUT2D eigenvalue weighted by molar-refractivity contribution is 0.628. The van der Waals surface area contributed by atoms with Gasteiger partial charge in [0, 0.05) is 17.1 Å². The molecule has 0 aromatic heterocycles. The van der Waals surface area contributed by atoms with Gasteiger partial charge in [0.05, 0.1) is 0 Å². The largest absolute Gasteiger partial charge is 0.310 e. The van der Waals surface area contributed by atoms with E-state index in [1.54, 1.807) is 0 Å². The molecule has 0 heterocycles. The normalized spacial score (nSPS) is 11.3. The van der Waals surface area contributed by atoms with Gasteiger partial charge in [-0.15, -0.1) is 0 Å². The molecule has 10 rings (SSSR count). The molecular weight excluding hydrogens is 682 g/mol. The number of benzene rings is 10. The molecule has 264 valence electrons. The van der Waals surface area contributed by atoms with E-state index in [1.807, 2.05) is 12.1 Å². The molecule has 0 spiro atoms. The summed E-state index contributed by atoms with van der Waals surface area (Å²) >= 11 is 0. The van der Waals surface area contributed by atoms with Gasteiger partial charge in [0.2, 0.25) is 0 Å². The van der Waals surface area contributed by atoms with Gasteiger partial charge in [-0.3, -0.25) is 0 Å². The van der Waals surface area contributed by atoms with E-state index in [1.165, 1.54) is 55.9 Å². The Morgan fingerprint density at radius 2 is 0.696 bits per heavy atom. The van der Waals surface area contributed by atoms with Crippen LogP contribution in [0.15, 0.2) is 218 Å². The molecule has 10 aromatic rings. The predicted molar refractivity (Wildman–Crippen MR) is 235 cm³/mol. The molecule has 0 aliphatic rings. The van der Waals surface area contributed by atoms with E-state index in [9.17, 15) is 4.39 Å². The van der Waals surface area contributed by atoms with Crippen molar-refractivity contribution in [1.29, 1.82) is 0 Å². The summed E-state index contributed by atoms with van der Waals surface area (Å²) in [6.45, 7) is 0. The van der Waals surface area contributed by atoms with E-state index >= 15 is 0 Å². The molecule has 0 bridgehead atoms. The van der Waals surface area contributed by atoms with Crippen molar-refractivity contribution in [3.8, 4) is 44.5 Å². The highest BCUT2D eigenvalue weighted by atomic mass is 19.1. The van der Waals surface area contributed by atoms with Crippen LogP contribution in [0.5, 0.6) is 0 Å². The van der Waals surface area contributed by atoms with Gasteiger partial charge in [0.25, 0.3) is 0 Å². The van der Waals surface area contributed by atoms with Crippen molar-refractivity contribution in [2.24, 2.45) is 0 Å². The lowest BCUT2D eigenvalue weighted by atomic mass is 9.91. The summed E-state index contributed by atoms with van der Waals surface area (Å²) in [4.78, 5) is 2.34. The third kappa shape index (κ3) is 6.28. The quantitative estimate of drug-likeness (QED) is 0.159. The lowest BCUT2D eigenvalue weighted by Gasteiger charge is -2.26. The summed E-state index contributed by atoms with van der Waals surface area (Å²) in [5.74, 6) is -0.235. The van der Waals surface area contributed by atoms with Gasteiger partial charge in [0.1, 0.15) is 5.82 Å². The molecule has 0 radical (unpaired) electrons. The third-order valence-electron chi connectivity index (χ3n) is 10.9. The van der Waals surface area contributed by atoms with Crippen molar-refractivity contribution in [3.05, 3.63) is 224 Å². The molecule has 2 heteroatoms. The van der Waals surface area contributed by atoms with Crippen molar-refractivity contribution in [3.63, 3.8) is 0 Å². The van der Waals surface area contributed by atoms with Gasteiger partial charge < -0.3 is 4.90 Å². The maximum atomic E-state index is 13.9. The molecule has 0 saturated carbocycles. The van der Waals surface area contributed by atoms with Crippen LogP contribution in [0, 0.1) is 5.82 Å². The number of hydrogen-bond acceptors (Lipinski definition) is 1. The Morgan fingerprint density at radius 1 is 0.268 bits per heavy atom. The number of nitrogens with zero attached hydrogens (tertiary/aromatic N) is 1. The molecule has 0 aliphatic heterocycles. The fourth-order valence-corrected chi connectivity index (χ4v) is 8.04. The monoisotopic (exact) mass is 717 g/mol. The van der Waals surface area contributed by atoms with Crippen LogP contribution in [0.25, 0.3) is 76.8 Å². The Bertz CT molecular complexity index is 3000. The molecular formula is C54H36FN. The van der Waals surface area contributed by atoms with Gasteiger partial charge in [0.15, 0.2) is 0 Å². The van der Waals surface area contributed by atoms with Crippen LogP contribution < -0.4 is 4.90 Å². The van der Waals surface area contributed by atoms with E-state index in [-0.39, 0.29) is 5.82 Å². The summed E-state index contributed by atoms with van der Waals surface area (Å²) in [5.41, 5.74) is 12.3. The van der Waals surface area contributed by atoms with Crippen LogP contribution in [-0.2, 0) is 0 Å². The first kappa shape index (κ1) is 33.3. The summed E-state index contributed by atoms with van der Waals surface area (Å²) in [6.07, 6.45) is 0. The molecule has 10 aromatic carbocycles. The summed E-state index contributed by atoms with van der Waals surface area (Å²) < 4.78 is 13.9. The van der Waals surface area contributed by atoms with E-state index in [0.29, 0.717) is 0 Å². The maximum Gasteiger partial charge on any atom is 0.123 e. The molecule has 0 amide bonds. The number of halogens is 1. The van der Waals surface area contributed by atoms with Gasteiger partial charge in [-0.1, -0.05) is 158 Å². The van der Waals surface area contributed by atoms with E-state index in [4.69, 9.17) is 0 Å². The highest BCUT2D eigenvalue weighted by Gasteiger charge is 2.16. The second kappa shape index (κ2) is 14.2. The van der Waals surface area contributed by atoms with Crippen molar-refractivity contribution >= 4 is 49.4 Å². The predicted octanol–water partition coefficient (Wildman–Crippen LogP) is 15.4. The zero-order chi connectivity index (χ0) is 37.4. The van der Waals surface area contributed by atoms with E-state index < -0.39 is 0 Å². The molecule has 0 saturated heterocycles. The number of hydrogen-bond donors (Lipinski definition) is 0. The van der Waals surface area contributed by atoms with Crippen molar-refractivity contribution in [1.82, 2.24) is 0 Å². The summed E-state index contributed by atoms with van der Waals surface area (Å²) in [6, 6.07) is 76.5. The standard InChI is InChI=1S/C54H36FN/c55-48-27-20-40(21-28-48)52-14-6-12-42-13-7-15-53(54(42)52)41-24-31-50(32-25-41)56(49-29-22-39(23-30-49)37-8-2-1-3-9-37)51-33-26-46-35-45(18-19-47(46)36-51)44-17-16-38-10-4-5-11-43(38)34-44/h1-36H. The second-order valence-corrected chi connectivity index (χ2v) is 14.3. The average Bonchev–Trinajstić information content (AvgIpc) is 3.27. The minimum atomic E-state index is -0.235. The molecule has 0 N–H and O–H groups in total. The third-order valence-corrected chi connectivity index (χ3v) is 10.9. The number of anilines is 3. The van der Waals surface area contributed by atoms with Crippen LogP contribution in [0.4, 0.5) is 21.5 Å². The Kier molecular flexibility index (Phi) is 8.42. The van der Waals surface area contributed by atoms with Crippen molar-refractivity contribution in [2.45, 2.75) is 0 Å². The van der Waals surface area contributed by atoms with Crippen LogP contribution in [0.1, 0.15) is 0 Å². The Hall–Kier alpha value is -7.29. The molecule has 0 unspecified atom stereocenters. The molecule has 0 atom stereocenters. The van der Waals surface area contributed by atoms with E-state index in [2.05, 4.69) is 199 Å². The van der Waals surface area contributed by atoms with Gasteiger partial charge in [-0.25, -0.2) is 4.39 Å². The zero-order valence-electron chi connectivity index (χ0n) is 30.6. The molecule has 0 aliphatic carbocycles. The minimum Gasteiger partial charge on any atom is -0.310 e. The minimum absolute atomic E-state index is 0.235. The fourth-order valence-electron chi connectivity index (χ4n) is 8.04. The Labute approximate surface area is 326 Å². The van der Waals surface area contributed by atoms with E-state index in [0.717, 1.165) is 50.1 Å². The smallest absolute Gasteiger partial charge is 0.123 e. The second-order valence-electron chi connectivity index (χ2n) is 14.3. The topological polar surface area (TPSA) is 3.24 Å². The Balaban J connectivity index is 1.05. The van der Waals surface area contributed by atoms with Crippen LogP contribution in [0.3, 0.4) is 0 Å². The summed E-state index contributed by atoms with van der Waals surface area (Å²) in [5, 5.41) is 7.17. The molecule has 56 heavy (non-hydrogen) atoms. The highest BCUT2D eigenvalue weighted by Crippen LogP contribution is 2.41. The highest BCUT2D eigenvalue weighted by molar-refractivity contribution is 6.06. The first-order valence-electron chi connectivity index (χ1n) is 19.0. The first-order chi connectivity index (χ1) is 27.6. The number of fused-ring (bicyclic) bond motifs is 3. The van der Waals surface area contributed by atoms with Crippen LogP contribution in [0.2, 0.25) is 0 Å². The van der Waals surface area contributed by atoms with Crippen LogP contribution >= 0.6 is 0 Å². The fraction of sp³-hybridized carbons (Fsp3) is 0. The van der Waals surface area contributed by atoms with Gasteiger partial charge in [-0.2, -0.15) is 0 Å². The lowest BCUT2D eigenvalue weighted by Crippen LogP contribution is -2.09. The maximum absolute atomic E-state index is 13.9. The van der Waals surface area contributed by atoms with Gasteiger partial charge >= 0.3 is 0 Å². The Morgan fingerprint density at radius 3 is 1.34 bits per heavy atom. The average molecular weight is 718 g/mol. The molecule has 1 nitrogen and oxygen atoms in total.